The Hall–Kier alpha value is -6.37. The number of rotatable bonds is 5. The van der Waals surface area contributed by atoms with E-state index in [-0.39, 0.29) is 0 Å². The molecule has 0 fully saturated rings. The van der Waals surface area contributed by atoms with Gasteiger partial charge in [0.05, 0.1) is 0 Å². The molecule has 6 heteroatoms. The first-order valence-electron chi connectivity index (χ1n) is 16.7. The van der Waals surface area contributed by atoms with Gasteiger partial charge >= 0.3 is 0 Å². The zero-order valence-corrected chi connectivity index (χ0v) is 28.6. The van der Waals surface area contributed by atoms with Crippen molar-refractivity contribution in [1.82, 2.24) is 15.0 Å². The lowest BCUT2D eigenvalue weighted by atomic mass is 9.98. The summed E-state index contributed by atoms with van der Waals surface area (Å²) in [6, 6.07) is 53.8. The molecule has 0 spiro atoms. The maximum absolute atomic E-state index is 6.23. The Morgan fingerprint density at radius 2 is 0.725 bits per heavy atom. The molecule has 0 N–H and O–H groups in total. The number of benzene rings is 7. The van der Waals surface area contributed by atoms with Crippen molar-refractivity contribution in [3.63, 3.8) is 0 Å². The summed E-state index contributed by atoms with van der Waals surface area (Å²) >= 11 is 3.54. The van der Waals surface area contributed by atoms with E-state index in [0.717, 1.165) is 76.2 Å². The molecule has 0 radical (unpaired) electrons. The molecule has 10 rings (SSSR count). The lowest BCUT2D eigenvalue weighted by molar-refractivity contribution is 0.668. The van der Waals surface area contributed by atoms with Crippen LogP contribution in [0.3, 0.4) is 0 Å². The van der Waals surface area contributed by atoms with E-state index in [9.17, 15) is 0 Å². The number of fused-ring (bicyclic) bond motifs is 6. The molecule has 7 aromatic carbocycles. The Morgan fingerprint density at radius 3 is 1.25 bits per heavy atom. The summed E-state index contributed by atoms with van der Waals surface area (Å²) in [4.78, 5) is 15.1. The standard InChI is InChI=1S/C45H26BrN3O2/c46-34-20-16-28(17-21-34)31-7-5-6-30(24-31)27-12-14-29(15-13-27)43-47-44(32-18-22-37-35-8-1-3-10-39(35)50-41(37)25-32)49-45(48-43)33-19-23-38-36-9-2-4-11-40(36)51-42(38)26-33/h1-26H. The Morgan fingerprint density at radius 1 is 0.314 bits per heavy atom. The van der Waals surface area contributed by atoms with E-state index in [0.29, 0.717) is 17.5 Å². The van der Waals surface area contributed by atoms with Gasteiger partial charge in [-0.1, -0.05) is 119 Å². The average Bonchev–Trinajstić information content (AvgIpc) is 3.76. The highest BCUT2D eigenvalue weighted by Crippen LogP contribution is 2.35. The molecule has 3 heterocycles. The summed E-state index contributed by atoms with van der Waals surface area (Å²) < 4.78 is 13.5. The molecule has 0 aliphatic rings. The highest BCUT2D eigenvalue weighted by atomic mass is 79.9. The van der Waals surface area contributed by atoms with Crippen LogP contribution in [0.25, 0.3) is 100 Å². The van der Waals surface area contributed by atoms with Gasteiger partial charge in [0.25, 0.3) is 0 Å². The molecular formula is C45H26BrN3O2. The van der Waals surface area contributed by atoms with Crippen LogP contribution in [0.5, 0.6) is 0 Å². The zero-order chi connectivity index (χ0) is 33.9. The van der Waals surface area contributed by atoms with Gasteiger partial charge in [0.1, 0.15) is 22.3 Å². The first-order valence-corrected chi connectivity index (χ1v) is 17.5. The molecule has 5 nitrogen and oxygen atoms in total. The van der Waals surface area contributed by atoms with E-state index < -0.39 is 0 Å². The SMILES string of the molecule is Brc1ccc(-c2cccc(-c3ccc(-c4nc(-c5ccc6c(c5)oc5ccccc56)nc(-c5ccc6c(c5)oc5ccccc56)n4)cc3)c2)cc1. The van der Waals surface area contributed by atoms with Crippen molar-refractivity contribution in [3.8, 4) is 56.4 Å². The average molecular weight is 721 g/mol. The molecule has 240 valence electrons. The number of halogens is 1. The predicted molar refractivity (Wildman–Crippen MR) is 209 cm³/mol. The van der Waals surface area contributed by atoms with E-state index in [1.165, 1.54) is 11.1 Å². The van der Waals surface area contributed by atoms with E-state index in [1.807, 2.05) is 48.5 Å². The van der Waals surface area contributed by atoms with Crippen molar-refractivity contribution >= 4 is 59.8 Å². The van der Waals surface area contributed by atoms with Crippen LogP contribution >= 0.6 is 15.9 Å². The number of furan rings is 2. The normalized spacial score (nSPS) is 11.6. The largest absolute Gasteiger partial charge is 0.456 e. The van der Waals surface area contributed by atoms with Crippen LogP contribution in [0.4, 0.5) is 0 Å². The number of hydrogen-bond donors (Lipinski definition) is 0. The zero-order valence-electron chi connectivity index (χ0n) is 27.0. The van der Waals surface area contributed by atoms with Gasteiger partial charge in [-0.3, -0.25) is 0 Å². The molecule has 0 bridgehead atoms. The van der Waals surface area contributed by atoms with Gasteiger partial charge < -0.3 is 8.83 Å². The van der Waals surface area contributed by atoms with Gasteiger partial charge in [-0.15, -0.1) is 0 Å². The fourth-order valence-corrected chi connectivity index (χ4v) is 7.09. The van der Waals surface area contributed by atoms with E-state index >= 15 is 0 Å². The maximum Gasteiger partial charge on any atom is 0.164 e. The number of para-hydroxylation sites is 2. The van der Waals surface area contributed by atoms with E-state index in [2.05, 4.69) is 125 Å². The molecule has 0 saturated carbocycles. The minimum Gasteiger partial charge on any atom is -0.456 e. The number of aromatic nitrogens is 3. The van der Waals surface area contributed by atoms with Gasteiger partial charge in [0.15, 0.2) is 17.5 Å². The number of hydrogen-bond acceptors (Lipinski definition) is 5. The summed E-state index contributed by atoms with van der Waals surface area (Å²) in [6.07, 6.45) is 0. The summed E-state index contributed by atoms with van der Waals surface area (Å²) in [5.74, 6) is 1.71. The predicted octanol–water partition coefficient (Wildman–Crippen LogP) is 12.8. The van der Waals surface area contributed by atoms with Crippen LogP contribution in [0.1, 0.15) is 0 Å². The molecule has 0 unspecified atom stereocenters. The van der Waals surface area contributed by atoms with Crippen molar-refractivity contribution in [1.29, 1.82) is 0 Å². The molecule has 0 saturated heterocycles. The van der Waals surface area contributed by atoms with Gasteiger partial charge in [-0.05, 0) is 76.9 Å². The number of nitrogens with zero attached hydrogens (tertiary/aromatic N) is 3. The third-order valence-corrected chi connectivity index (χ3v) is 9.95. The van der Waals surface area contributed by atoms with Crippen molar-refractivity contribution in [2.24, 2.45) is 0 Å². The summed E-state index contributed by atoms with van der Waals surface area (Å²) in [5.41, 5.74) is 10.4. The van der Waals surface area contributed by atoms with Crippen LogP contribution in [-0.2, 0) is 0 Å². The molecular weight excluding hydrogens is 694 g/mol. The lowest BCUT2D eigenvalue weighted by Gasteiger charge is -2.10. The van der Waals surface area contributed by atoms with Crippen molar-refractivity contribution in [2.45, 2.75) is 0 Å². The second-order valence-electron chi connectivity index (χ2n) is 12.6. The highest BCUT2D eigenvalue weighted by molar-refractivity contribution is 9.10. The Bertz CT molecular complexity index is 2790. The monoisotopic (exact) mass is 719 g/mol. The molecule has 0 amide bonds. The molecule has 51 heavy (non-hydrogen) atoms. The van der Waals surface area contributed by atoms with Crippen LogP contribution in [-0.4, -0.2) is 15.0 Å². The lowest BCUT2D eigenvalue weighted by Crippen LogP contribution is -2.00. The van der Waals surface area contributed by atoms with Gasteiger partial charge in [0.2, 0.25) is 0 Å². The van der Waals surface area contributed by atoms with Gasteiger partial charge in [-0.25, -0.2) is 15.0 Å². The molecule has 3 aromatic heterocycles. The smallest absolute Gasteiger partial charge is 0.164 e. The quantitative estimate of drug-likeness (QED) is 0.177. The fraction of sp³-hybridized carbons (Fsp3) is 0. The van der Waals surface area contributed by atoms with E-state index in [4.69, 9.17) is 23.8 Å². The first kappa shape index (κ1) is 29.5. The molecule has 0 atom stereocenters. The van der Waals surface area contributed by atoms with Crippen LogP contribution in [0, 0.1) is 0 Å². The van der Waals surface area contributed by atoms with E-state index in [1.54, 1.807) is 0 Å². The van der Waals surface area contributed by atoms with Crippen molar-refractivity contribution < 1.29 is 8.83 Å². The van der Waals surface area contributed by atoms with Crippen molar-refractivity contribution in [3.05, 3.63) is 162 Å². The molecule has 0 aliphatic heterocycles. The Kier molecular flexibility index (Phi) is 6.89. The van der Waals surface area contributed by atoms with Crippen LogP contribution < -0.4 is 0 Å². The van der Waals surface area contributed by atoms with Crippen LogP contribution in [0.15, 0.2) is 171 Å². The topological polar surface area (TPSA) is 65.0 Å². The second kappa shape index (κ2) is 11.9. The summed E-state index contributed by atoms with van der Waals surface area (Å²) in [5, 5.41) is 4.27. The Balaban J connectivity index is 1.08. The first-order chi connectivity index (χ1) is 25.1. The minimum absolute atomic E-state index is 0.563. The highest BCUT2D eigenvalue weighted by Gasteiger charge is 2.16. The fourth-order valence-electron chi connectivity index (χ4n) is 6.83. The van der Waals surface area contributed by atoms with Crippen LogP contribution in [0.2, 0.25) is 0 Å². The van der Waals surface area contributed by atoms with Gasteiger partial charge in [0, 0.05) is 42.7 Å². The summed E-state index contributed by atoms with van der Waals surface area (Å²) in [7, 11) is 0. The second-order valence-corrected chi connectivity index (χ2v) is 13.5. The third-order valence-electron chi connectivity index (χ3n) is 9.43. The third kappa shape index (κ3) is 5.28. The Labute approximate surface area is 301 Å². The minimum atomic E-state index is 0.563. The maximum atomic E-state index is 6.23. The molecule has 0 aliphatic carbocycles. The summed E-state index contributed by atoms with van der Waals surface area (Å²) in [6.45, 7) is 0. The molecule has 10 aromatic rings. The van der Waals surface area contributed by atoms with Crippen molar-refractivity contribution in [2.75, 3.05) is 0 Å². The van der Waals surface area contributed by atoms with Gasteiger partial charge in [-0.2, -0.15) is 0 Å².